The van der Waals surface area contributed by atoms with Crippen molar-refractivity contribution in [3.63, 3.8) is 0 Å². The molecule has 0 spiro atoms. The van der Waals surface area contributed by atoms with E-state index in [2.05, 4.69) is 0 Å². The molecule has 0 saturated heterocycles. The molecule has 1 N–H and O–H groups in total. The van der Waals surface area contributed by atoms with Crippen molar-refractivity contribution in [1.29, 1.82) is 0 Å². The highest BCUT2D eigenvalue weighted by Crippen LogP contribution is 2.10. The molecule has 74 valence electrons. The Morgan fingerprint density at radius 2 is 1.71 bits per heavy atom. The van der Waals surface area contributed by atoms with Crippen LogP contribution in [0, 0.1) is 12.8 Å². The molecule has 0 aliphatic carbocycles. The van der Waals surface area contributed by atoms with Gasteiger partial charge < -0.3 is 5.11 Å². The van der Waals surface area contributed by atoms with Gasteiger partial charge in [-0.2, -0.15) is 0 Å². The number of carboxylic acids is 1. The van der Waals surface area contributed by atoms with Crippen LogP contribution in [0.1, 0.15) is 22.8 Å². The lowest BCUT2D eigenvalue weighted by atomic mass is 9.99. The van der Waals surface area contributed by atoms with E-state index in [4.69, 9.17) is 5.11 Å². The molecule has 0 radical (unpaired) electrons. The zero-order chi connectivity index (χ0) is 10.7. The van der Waals surface area contributed by atoms with Crippen LogP contribution in [-0.2, 0) is 4.79 Å². The van der Waals surface area contributed by atoms with Gasteiger partial charge in [-0.05, 0) is 13.8 Å². The Balaban J connectivity index is 2.90. The molecular weight excluding hydrogens is 180 g/mol. The summed E-state index contributed by atoms with van der Waals surface area (Å²) in [6, 6.07) is 6.89. The maximum Gasteiger partial charge on any atom is 0.314 e. The number of Topliss-reactive ketones (excluding diaryl/α,β-unsaturated/α-hetero) is 1. The smallest absolute Gasteiger partial charge is 0.314 e. The third-order valence-corrected chi connectivity index (χ3v) is 2.10. The lowest BCUT2D eigenvalue weighted by molar-refractivity contribution is -0.139. The number of hydrogen-bond acceptors (Lipinski definition) is 2. The first-order valence-corrected chi connectivity index (χ1v) is 4.36. The van der Waals surface area contributed by atoms with Crippen molar-refractivity contribution in [3.8, 4) is 0 Å². The maximum absolute atomic E-state index is 11.5. The molecule has 14 heavy (non-hydrogen) atoms. The summed E-state index contributed by atoms with van der Waals surface area (Å²) in [6.45, 7) is 3.30. The number of aryl methyl sites for hydroxylation is 1. The first-order chi connectivity index (χ1) is 6.52. The van der Waals surface area contributed by atoms with Gasteiger partial charge in [0.15, 0.2) is 5.78 Å². The van der Waals surface area contributed by atoms with Crippen LogP contribution >= 0.6 is 0 Å². The number of hydrogen-bond donors (Lipinski definition) is 1. The van der Waals surface area contributed by atoms with Crippen molar-refractivity contribution < 1.29 is 14.7 Å². The van der Waals surface area contributed by atoms with E-state index in [1.54, 1.807) is 24.3 Å². The molecule has 3 heteroatoms. The lowest BCUT2D eigenvalue weighted by Crippen LogP contribution is -2.20. The number of aliphatic carboxylic acids is 1. The number of rotatable bonds is 3. The normalized spacial score (nSPS) is 12.1. The largest absolute Gasteiger partial charge is 0.481 e. The van der Waals surface area contributed by atoms with Gasteiger partial charge in [-0.25, -0.2) is 0 Å². The Kier molecular flexibility index (Phi) is 3.02. The van der Waals surface area contributed by atoms with Crippen molar-refractivity contribution in [2.45, 2.75) is 13.8 Å². The second-order valence-corrected chi connectivity index (χ2v) is 3.29. The van der Waals surface area contributed by atoms with Crippen LogP contribution in [0.3, 0.4) is 0 Å². The first-order valence-electron chi connectivity index (χ1n) is 4.36. The van der Waals surface area contributed by atoms with Gasteiger partial charge in [-0.1, -0.05) is 29.8 Å². The molecule has 0 aliphatic heterocycles. The fourth-order valence-electron chi connectivity index (χ4n) is 1.08. The van der Waals surface area contributed by atoms with E-state index in [0.717, 1.165) is 5.56 Å². The van der Waals surface area contributed by atoms with Crippen LogP contribution in [0.4, 0.5) is 0 Å². The zero-order valence-electron chi connectivity index (χ0n) is 8.15. The lowest BCUT2D eigenvalue weighted by Gasteiger charge is -2.04. The van der Waals surface area contributed by atoms with Crippen LogP contribution in [0.2, 0.25) is 0 Å². The van der Waals surface area contributed by atoms with Crippen LogP contribution in [0.25, 0.3) is 0 Å². The second kappa shape index (κ2) is 4.05. The molecular formula is C11H12O3. The van der Waals surface area contributed by atoms with E-state index in [-0.39, 0.29) is 5.78 Å². The average Bonchev–Trinajstić information content (AvgIpc) is 2.16. The number of benzene rings is 1. The highest BCUT2D eigenvalue weighted by atomic mass is 16.4. The predicted octanol–water partition coefficient (Wildman–Crippen LogP) is 1.90. The molecule has 3 nitrogen and oxygen atoms in total. The third kappa shape index (κ3) is 2.19. The van der Waals surface area contributed by atoms with E-state index < -0.39 is 11.9 Å². The Bertz CT molecular complexity index is 351. The summed E-state index contributed by atoms with van der Waals surface area (Å²) >= 11 is 0. The quantitative estimate of drug-likeness (QED) is 0.587. The number of carbonyl (C=O) groups is 2. The number of carboxylic acid groups (broad SMARTS) is 1. The molecule has 0 saturated carbocycles. The maximum atomic E-state index is 11.5. The molecule has 1 aromatic rings. The number of ketones is 1. The third-order valence-electron chi connectivity index (χ3n) is 2.10. The Hall–Kier alpha value is -1.64. The summed E-state index contributed by atoms with van der Waals surface area (Å²) in [5.41, 5.74) is 1.50. The highest BCUT2D eigenvalue weighted by molar-refractivity contribution is 6.07. The van der Waals surface area contributed by atoms with Crippen molar-refractivity contribution in [2.24, 2.45) is 5.92 Å². The molecule has 0 bridgehead atoms. The van der Waals surface area contributed by atoms with Gasteiger partial charge in [0.25, 0.3) is 0 Å². The first kappa shape index (κ1) is 10.4. The van der Waals surface area contributed by atoms with Gasteiger partial charge in [0, 0.05) is 5.56 Å². The second-order valence-electron chi connectivity index (χ2n) is 3.29. The average molecular weight is 192 g/mol. The van der Waals surface area contributed by atoms with Crippen molar-refractivity contribution in [1.82, 2.24) is 0 Å². The molecule has 0 aliphatic rings. The minimum absolute atomic E-state index is 0.350. The topological polar surface area (TPSA) is 54.4 Å². The van der Waals surface area contributed by atoms with Crippen LogP contribution in [0.15, 0.2) is 24.3 Å². The summed E-state index contributed by atoms with van der Waals surface area (Å²) in [7, 11) is 0. The molecule has 1 aromatic carbocycles. The molecule has 1 atom stereocenters. The summed E-state index contributed by atoms with van der Waals surface area (Å²) in [5, 5.41) is 8.65. The van der Waals surface area contributed by atoms with E-state index >= 15 is 0 Å². The summed E-state index contributed by atoms with van der Waals surface area (Å²) < 4.78 is 0. The van der Waals surface area contributed by atoms with E-state index in [9.17, 15) is 9.59 Å². The summed E-state index contributed by atoms with van der Waals surface area (Å²) in [6.07, 6.45) is 0. The minimum Gasteiger partial charge on any atom is -0.481 e. The Labute approximate surface area is 82.4 Å². The molecule has 0 heterocycles. The van der Waals surface area contributed by atoms with E-state index in [0.29, 0.717) is 5.56 Å². The van der Waals surface area contributed by atoms with Crippen LogP contribution in [0.5, 0.6) is 0 Å². The number of carbonyl (C=O) groups excluding carboxylic acids is 1. The van der Waals surface area contributed by atoms with Crippen molar-refractivity contribution in [3.05, 3.63) is 35.4 Å². The Morgan fingerprint density at radius 1 is 1.21 bits per heavy atom. The summed E-state index contributed by atoms with van der Waals surface area (Å²) in [5.74, 6) is -2.41. The Morgan fingerprint density at radius 3 is 2.14 bits per heavy atom. The van der Waals surface area contributed by atoms with Gasteiger partial charge in [0.1, 0.15) is 5.92 Å². The zero-order valence-corrected chi connectivity index (χ0v) is 8.15. The summed E-state index contributed by atoms with van der Waals surface area (Å²) in [4.78, 5) is 22.1. The molecule has 0 aromatic heterocycles. The molecule has 0 fully saturated rings. The fraction of sp³-hybridized carbons (Fsp3) is 0.273. The van der Waals surface area contributed by atoms with Crippen molar-refractivity contribution >= 4 is 11.8 Å². The molecule has 1 rings (SSSR count). The van der Waals surface area contributed by atoms with Gasteiger partial charge in [0.2, 0.25) is 0 Å². The van der Waals surface area contributed by atoms with Gasteiger partial charge in [-0.3, -0.25) is 9.59 Å². The standard InChI is InChI=1S/C11H12O3/c1-7-3-5-9(6-4-7)10(12)8(2)11(13)14/h3-6,8H,1-2H3,(H,13,14). The van der Waals surface area contributed by atoms with Crippen LogP contribution in [-0.4, -0.2) is 16.9 Å². The van der Waals surface area contributed by atoms with Gasteiger partial charge >= 0.3 is 5.97 Å². The van der Waals surface area contributed by atoms with Gasteiger partial charge in [-0.15, -0.1) is 0 Å². The minimum atomic E-state index is -1.09. The SMILES string of the molecule is Cc1ccc(C(=O)C(C)C(=O)O)cc1. The molecule has 1 unspecified atom stereocenters. The molecule has 0 amide bonds. The highest BCUT2D eigenvalue weighted by Gasteiger charge is 2.21. The monoisotopic (exact) mass is 192 g/mol. The van der Waals surface area contributed by atoms with E-state index in [1.165, 1.54) is 6.92 Å². The predicted molar refractivity (Wildman–Crippen MR) is 52.3 cm³/mol. The van der Waals surface area contributed by atoms with Gasteiger partial charge in [0.05, 0.1) is 0 Å². The van der Waals surface area contributed by atoms with Crippen molar-refractivity contribution in [2.75, 3.05) is 0 Å². The van der Waals surface area contributed by atoms with E-state index in [1.807, 2.05) is 6.92 Å². The van der Waals surface area contributed by atoms with Crippen LogP contribution < -0.4 is 0 Å². The fourth-order valence-corrected chi connectivity index (χ4v) is 1.08.